The molecule has 0 saturated heterocycles. The van der Waals surface area contributed by atoms with Gasteiger partial charge < -0.3 is 5.73 Å². The van der Waals surface area contributed by atoms with E-state index in [0.717, 1.165) is 0 Å². The number of hydrogen-bond donors (Lipinski definition) is 1. The van der Waals surface area contributed by atoms with Crippen molar-refractivity contribution in [3.63, 3.8) is 0 Å². The van der Waals surface area contributed by atoms with Crippen LogP contribution < -0.4 is 10.6 Å². The Balaban J connectivity index is 0.000000381. The molecule has 0 atom stereocenters. The Morgan fingerprint density at radius 3 is 2.12 bits per heavy atom. The first-order valence-corrected chi connectivity index (χ1v) is 8.55. The third-order valence-electron chi connectivity index (χ3n) is 2.40. The van der Waals surface area contributed by atoms with Crippen LogP contribution in [-0.4, -0.2) is 58.8 Å². The molecule has 0 aliphatic heterocycles. The number of rotatable bonds is 1. The molecule has 0 unspecified atom stereocenters. The van der Waals surface area contributed by atoms with E-state index >= 15 is 0 Å². The number of nitrogens with two attached hydrogens (primary N) is 1. The van der Waals surface area contributed by atoms with E-state index in [0.29, 0.717) is 22.7 Å². The summed E-state index contributed by atoms with van der Waals surface area (Å²) in [6.07, 6.45) is 0. The number of nitrogen functional groups attached to an aromatic ring is 1. The van der Waals surface area contributed by atoms with E-state index in [1.54, 1.807) is 6.07 Å². The topological polar surface area (TPSA) is 72.2 Å². The number of amidine groups is 1. The summed E-state index contributed by atoms with van der Waals surface area (Å²) in [6, 6.07) is 6.09. The van der Waals surface area contributed by atoms with Crippen LogP contribution in [0.15, 0.2) is 18.2 Å². The van der Waals surface area contributed by atoms with Crippen LogP contribution in [0.25, 0.3) is 11.0 Å². The van der Waals surface area contributed by atoms with Crippen LogP contribution >= 0.6 is 7.81 Å². The van der Waals surface area contributed by atoms with Gasteiger partial charge in [0.05, 0.1) is 33.9 Å². The third-order valence-corrected chi connectivity index (χ3v) is 2.40. The first-order chi connectivity index (χ1) is 11.0. The Morgan fingerprint density at radius 1 is 1.16 bits per heavy atom. The number of nitrogens with zero attached hydrogens (tertiary/aromatic N) is 5. The predicted octanol–water partition coefficient (Wildman–Crippen LogP) is 3.01. The molecule has 25 heavy (non-hydrogen) atoms. The number of halogens is 6. The zero-order valence-corrected chi connectivity index (χ0v) is 14.6. The van der Waals surface area contributed by atoms with Crippen LogP contribution in [0.5, 0.6) is 0 Å². The maximum atomic E-state index is 9.87. The quantitative estimate of drug-likeness (QED) is 0.201. The minimum absolute atomic E-state index is 0.578. The van der Waals surface area contributed by atoms with E-state index < -0.39 is 7.81 Å². The number of benzene rings is 1. The Bertz CT molecular complexity index is 785. The Labute approximate surface area is 138 Å². The molecule has 2 rings (SSSR count). The molecule has 2 aromatic rings. The van der Waals surface area contributed by atoms with Gasteiger partial charge in [-0.05, 0) is 17.3 Å². The summed E-state index contributed by atoms with van der Waals surface area (Å²) in [5.41, 5.74) is 7.86. The van der Waals surface area contributed by atoms with Gasteiger partial charge in [-0.1, -0.05) is 10.9 Å². The van der Waals surface area contributed by atoms with Crippen molar-refractivity contribution in [2.75, 3.05) is 33.9 Å². The van der Waals surface area contributed by atoms with Gasteiger partial charge in [-0.3, -0.25) is 4.84 Å². The van der Waals surface area contributed by atoms with E-state index in [4.69, 9.17) is 10.6 Å². The van der Waals surface area contributed by atoms with Gasteiger partial charge >= 0.3 is 39.0 Å². The SMILES string of the molecule is CN(C)C(On1nnc2cccc(N)c21)=[N+](C)C.F[P-](F)(F)(F)(F)F. The average molecular weight is 394 g/mol. The maximum absolute atomic E-state index is 10.7. The Kier molecular flexibility index (Phi) is 4.90. The molecule has 7 nitrogen and oxygen atoms in total. The van der Waals surface area contributed by atoms with E-state index in [2.05, 4.69) is 10.3 Å². The number of fused-ring (bicyclic) bond motifs is 1. The van der Waals surface area contributed by atoms with Crippen molar-refractivity contribution < 1.29 is 34.6 Å². The molecule has 0 fully saturated rings. The number of aromatic nitrogens is 3. The zero-order valence-electron chi connectivity index (χ0n) is 13.7. The summed E-state index contributed by atoms with van der Waals surface area (Å²) in [6.45, 7) is 0. The molecule has 0 aliphatic carbocycles. The van der Waals surface area contributed by atoms with Crippen molar-refractivity contribution in [1.29, 1.82) is 0 Å². The first-order valence-electron chi connectivity index (χ1n) is 6.52. The molecule has 0 radical (unpaired) electrons. The summed E-state index contributed by atoms with van der Waals surface area (Å²) in [5, 5.41) is 7.96. The van der Waals surface area contributed by atoms with Gasteiger partial charge in [0.25, 0.3) is 0 Å². The summed E-state index contributed by atoms with van der Waals surface area (Å²) in [7, 11) is -3.11. The fourth-order valence-electron chi connectivity index (χ4n) is 1.68. The normalized spacial score (nSPS) is 14.0. The van der Waals surface area contributed by atoms with Crippen molar-refractivity contribution >= 4 is 30.6 Å². The number of hydrogen-bond acceptors (Lipinski definition) is 4. The summed E-state index contributed by atoms with van der Waals surface area (Å²) in [5.74, 6) is 0. The molecule has 1 aromatic carbocycles. The van der Waals surface area contributed by atoms with Gasteiger partial charge in [-0.2, -0.15) is 0 Å². The Morgan fingerprint density at radius 2 is 1.68 bits per heavy atom. The van der Waals surface area contributed by atoms with Gasteiger partial charge in [-0.25, -0.2) is 9.48 Å². The van der Waals surface area contributed by atoms with Crippen LogP contribution in [0.3, 0.4) is 0 Å². The fourth-order valence-corrected chi connectivity index (χ4v) is 1.68. The molecule has 144 valence electrons. The number of anilines is 1. The molecule has 0 aliphatic rings. The molecular weight excluding hydrogens is 377 g/mol. The van der Waals surface area contributed by atoms with E-state index in [9.17, 15) is 25.2 Å². The Hall–Kier alpha value is -2.30. The summed E-state index contributed by atoms with van der Waals surface area (Å²) >= 11 is 0. The van der Waals surface area contributed by atoms with E-state index in [-0.39, 0.29) is 0 Å². The van der Waals surface area contributed by atoms with Crippen LogP contribution in [0, 0.1) is 0 Å². The van der Waals surface area contributed by atoms with Gasteiger partial charge in [-0.15, -0.1) is 5.10 Å². The van der Waals surface area contributed by atoms with Gasteiger partial charge in [0, 0.05) is 0 Å². The van der Waals surface area contributed by atoms with Crippen LogP contribution in [0.1, 0.15) is 0 Å². The van der Waals surface area contributed by atoms with Crippen molar-refractivity contribution in [2.24, 2.45) is 0 Å². The molecule has 0 saturated carbocycles. The second kappa shape index (κ2) is 5.90. The average Bonchev–Trinajstić information content (AvgIpc) is 2.75. The van der Waals surface area contributed by atoms with Gasteiger partial charge in [0.1, 0.15) is 5.52 Å². The van der Waals surface area contributed by atoms with Crippen molar-refractivity contribution in [2.45, 2.75) is 0 Å². The standard InChI is InChI=1S/C11H17N6O.F6P/c1-15(2)11(16(3)4)18-17-10-8(12)6-5-7-9(10)13-14-17;1-7(2,3,4,5)6/h5-7H,12H2,1-4H3;/q+1;-1. The second-order valence-corrected chi connectivity index (χ2v) is 7.22. The zero-order chi connectivity index (χ0) is 19.7. The van der Waals surface area contributed by atoms with Crippen LogP contribution in [0.4, 0.5) is 30.9 Å². The van der Waals surface area contributed by atoms with Crippen LogP contribution in [0.2, 0.25) is 0 Å². The molecule has 0 spiro atoms. The molecule has 0 bridgehead atoms. The molecular formula is C11H17F6N6OP. The van der Waals surface area contributed by atoms with E-state index in [1.165, 1.54) is 4.85 Å². The third kappa shape index (κ3) is 7.88. The molecule has 2 N–H and O–H groups in total. The van der Waals surface area contributed by atoms with Gasteiger partial charge in [0.15, 0.2) is 5.52 Å². The van der Waals surface area contributed by atoms with Crippen LogP contribution in [-0.2, 0) is 0 Å². The summed E-state index contributed by atoms with van der Waals surface area (Å²) in [4.78, 5) is 8.88. The van der Waals surface area contributed by atoms with E-state index in [1.807, 2.05) is 49.8 Å². The monoisotopic (exact) mass is 394 g/mol. The minimum atomic E-state index is -10.7. The molecule has 1 heterocycles. The second-order valence-electron chi connectivity index (χ2n) is 5.30. The van der Waals surface area contributed by atoms with Crippen molar-refractivity contribution in [1.82, 2.24) is 20.1 Å². The first kappa shape index (κ1) is 20.7. The molecule has 1 aromatic heterocycles. The van der Waals surface area contributed by atoms with Crippen molar-refractivity contribution in [3.8, 4) is 0 Å². The fraction of sp³-hybridized carbons (Fsp3) is 0.364. The molecule has 0 amide bonds. The summed E-state index contributed by atoms with van der Waals surface area (Å²) < 4.78 is 61.0. The molecule has 14 heteroatoms. The number of para-hydroxylation sites is 1. The van der Waals surface area contributed by atoms with Crippen molar-refractivity contribution in [3.05, 3.63) is 18.2 Å². The predicted molar refractivity (Wildman–Crippen MR) is 82.9 cm³/mol. The van der Waals surface area contributed by atoms with Gasteiger partial charge in [0.2, 0.25) is 0 Å².